The normalized spacial score (nSPS) is 10.4. The highest BCUT2D eigenvalue weighted by atomic mass is 16.5. The Kier molecular flexibility index (Phi) is 4.63. The predicted octanol–water partition coefficient (Wildman–Crippen LogP) is 2.94. The van der Waals surface area contributed by atoms with Crippen LogP contribution in [0.25, 0.3) is 10.4 Å². The topological polar surface area (TPSA) is 75.1 Å². The van der Waals surface area contributed by atoms with Gasteiger partial charge in [0.15, 0.2) is 0 Å². The van der Waals surface area contributed by atoms with E-state index >= 15 is 0 Å². The molecule has 0 bridgehead atoms. The van der Waals surface area contributed by atoms with Gasteiger partial charge in [0.1, 0.15) is 6.61 Å². The van der Waals surface area contributed by atoms with Gasteiger partial charge in [-0.1, -0.05) is 35.4 Å². The van der Waals surface area contributed by atoms with Crippen molar-refractivity contribution in [2.45, 2.75) is 13.5 Å². The molecule has 16 heavy (non-hydrogen) atoms. The lowest BCUT2D eigenvalue weighted by atomic mass is 10.2. The van der Waals surface area contributed by atoms with Gasteiger partial charge in [0, 0.05) is 16.7 Å². The van der Waals surface area contributed by atoms with Gasteiger partial charge in [0.05, 0.1) is 0 Å². The van der Waals surface area contributed by atoms with Crippen LogP contribution >= 0.6 is 0 Å². The molecule has 82 valence electrons. The lowest BCUT2D eigenvalue weighted by Crippen LogP contribution is -2.01. The van der Waals surface area contributed by atoms with Crippen LogP contribution in [0.1, 0.15) is 12.5 Å². The van der Waals surface area contributed by atoms with Crippen molar-refractivity contribution in [3.8, 4) is 0 Å². The maximum atomic E-state index is 11.2. The largest absolute Gasteiger partial charge is 0.458 e. The first kappa shape index (κ1) is 11.8. The molecule has 0 fully saturated rings. The second-order valence-electron chi connectivity index (χ2n) is 3.07. The third-order valence-corrected chi connectivity index (χ3v) is 1.75. The molecule has 1 aromatic carbocycles. The first-order valence-corrected chi connectivity index (χ1v) is 4.66. The molecule has 0 spiro atoms. The highest BCUT2D eigenvalue weighted by Gasteiger charge is 1.99. The predicted molar refractivity (Wildman–Crippen MR) is 59.1 cm³/mol. The van der Waals surface area contributed by atoms with Crippen LogP contribution in [0.4, 0.5) is 0 Å². The summed E-state index contributed by atoms with van der Waals surface area (Å²) in [7, 11) is 0. The molecule has 0 saturated carbocycles. The van der Waals surface area contributed by atoms with Gasteiger partial charge < -0.3 is 4.74 Å². The van der Waals surface area contributed by atoms with E-state index in [1.165, 1.54) is 6.92 Å². The maximum Gasteiger partial charge on any atom is 0.331 e. The maximum absolute atomic E-state index is 11.2. The Balaban J connectivity index is 2.48. The zero-order chi connectivity index (χ0) is 11.8. The van der Waals surface area contributed by atoms with Crippen molar-refractivity contribution in [1.29, 1.82) is 0 Å². The summed E-state index contributed by atoms with van der Waals surface area (Å²) in [5.41, 5.74) is 9.31. The Morgan fingerprint density at radius 3 is 2.81 bits per heavy atom. The fourth-order valence-electron chi connectivity index (χ4n) is 1.04. The molecule has 0 saturated heterocycles. The third kappa shape index (κ3) is 4.30. The lowest BCUT2D eigenvalue weighted by Gasteiger charge is -2.01. The summed E-state index contributed by atoms with van der Waals surface area (Å²) in [5.74, 6) is -0.520. The zero-order valence-corrected chi connectivity index (χ0v) is 8.83. The molecule has 0 atom stereocenters. The van der Waals surface area contributed by atoms with Crippen molar-refractivity contribution >= 4 is 5.97 Å². The fourth-order valence-corrected chi connectivity index (χ4v) is 1.04. The van der Waals surface area contributed by atoms with Gasteiger partial charge >= 0.3 is 5.97 Å². The van der Waals surface area contributed by atoms with Gasteiger partial charge in [0.25, 0.3) is 0 Å². The number of hydrogen-bond donors (Lipinski definition) is 0. The summed E-state index contributed by atoms with van der Waals surface area (Å²) in [6.45, 7) is 1.74. The average Bonchev–Trinajstić information content (AvgIpc) is 2.28. The lowest BCUT2D eigenvalue weighted by molar-refractivity contribution is -0.139. The van der Waals surface area contributed by atoms with Crippen molar-refractivity contribution in [2.24, 2.45) is 5.11 Å². The summed E-state index contributed by atoms with van der Waals surface area (Å²) in [4.78, 5) is 13.8. The Bertz CT molecular complexity index is 434. The molecule has 0 aliphatic heterocycles. The smallest absolute Gasteiger partial charge is 0.331 e. The molecule has 5 heteroatoms. The van der Waals surface area contributed by atoms with Crippen LogP contribution in [-0.4, -0.2) is 5.97 Å². The number of carbonyl (C=O) groups excluding carboxylic acids is 1. The number of esters is 1. The number of hydrogen-bond acceptors (Lipinski definition) is 3. The van der Waals surface area contributed by atoms with Gasteiger partial charge in [-0.15, -0.1) is 0 Å². The molecule has 1 rings (SSSR count). The second-order valence-corrected chi connectivity index (χ2v) is 3.07. The van der Waals surface area contributed by atoms with E-state index in [4.69, 9.17) is 10.3 Å². The van der Waals surface area contributed by atoms with E-state index in [0.29, 0.717) is 0 Å². The van der Waals surface area contributed by atoms with E-state index in [0.717, 1.165) is 11.6 Å². The Morgan fingerprint density at radius 1 is 1.50 bits per heavy atom. The van der Waals surface area contributed by atoms with E-state index in [-0.39, 0.29) is 12.3 Å². The molecule has 0 aliphatic rings. The van der Waals surface area contributed by atoms with Crippen molar-refractivity contribution in [3.63, 3.8) is 0 Å². The quantitative estimate of drug-likeness (QED) is 0.255. The first-order chi connectivity index (χ1) is 7.72. The summed E-state index contributed by atoms with van der Waals surface area (Å²) in [5, 5.41) is 3.26. The molecule has 0 aliphatic carbocycles. The summed E-state index contributed by atoms with van der Waals surface area (Å²) in [6.07, 6.45) is 1.16. The van der Waals surface area contributed by atoms with Gasteiger partial charge in [-0.25, -0.2) is 4.79 Å². The minimum atomic E-state index is -0.520. The molecule has 0 aromatic heterocycles. The number of nitrogens with zero attached hydrogens (tertiary/aromatic N) is 3. The van der Waals surface area contributed by atoms with E-state index in [1.54, 1.807) is 0 Å². The highest BCUT2D eigenvalue weighted by Crippen LogP contribution is 2.02. The van der Waals surface area contributed by atoms with Gasteiger partial charge in [-0.3, -0.25) is 0 Å². The van der Waals surface area contributed by atoms with E-state index in [2.05, 4.69) is 10.0 Å². The molecule has 0 N–H and O–H groups in total. The van der Waals surface area contributed by atoms with Crippen LogP contribution in [0.5, 0.6) is 0 Å². The van der Waals surface area contributed by atoms with Gasteiger partial charge in [-0.05, 0) is 18.0 Å². The van der Waals surface area contributed by atoms with Gasteiger partial charge in [0.2, 0.25) is 0 Å². The molecular formula is C11H11N3O2. The van der Waals surface area contributed by atoms with Crippen LogP contribution in [0.3, 0.4) is 0 Å². The van der Waals surface area contributed by atoms with Gasteiger partial charge in [-0.2, -0.15) is 0 Å². The Morgan fingerprint density at radius 2 is 2.19 bits per heavy atom. The monoisotopic (exact) mass is 217 g/mol. The van der Waals surface area contributed by atoms with Crippen molar-refractivity contribution in [3.05, 3.63) is 58.1 Å². The Labute approximate surface area is 93.0 Å². The molecule has 0 unspecified atom stereocenters. The standard InChI is InChI=1S/C11H11N3O2/c1-9(13-14-12)7-11(15)16-8-10-5-3-2-4-6-10/h2-7H,8H2,1H3/b9-7+. The zero-order valence-electron chi connectivity index (χ0n) is 8.83. The number of allylic oxidation sites excluding steroid dienone is 1. The van der Waals surface area contributed by atoms with Crippen LogP contribution in [0.2, 0.25) is 0 Å². The average molecular weight is 217 g/mol. The second kappa shape index (κ2) is 6.27. The van der Waals surface area contributed by atoms with Crippen molar-refractivity contribution in [2.75, 3.05) is 0 Å². The number of benzene rings is 1. The van der Waals surface area contributed by atoms with Crippen LogP contribution in [0.15, 0.2) is 47.2 Å². The van der Waals surface area contributed by atoms with Crippen molar-refractivity contribution in [1.82, 2.24) is 0 Å². The van der Waals surface area contributed by atoms with Crippen molar-refractivity contribution < 1.29 is 9.53 Å². The summed E-state index contributed by atoms with van der Waals surface area (Å²) >= 11 is 0. The minimum absolute atomic E-state index is 0.208. The number of carbonyl (C=O) groups is 1. The van der Waals surface area contributed by atoms with Crippen LogP contribution in [0, 0.1) is 0 Å². The SMILES string of the molecule is C/C(=C\C(=O)OCc1ccccc1)N=[N+]=[N-]. The third-order valence-electron chi connectivity index (χ3n) is 1.75. The van der Waals surface area contributed by atoms with E-state index in [9.17, 15) is 4.79 Å². The van der Waals surface area contributed by atoms with E-state index in [1.807, 2.05) is 30.3 Å². The number of rotatable bonds is 4. The Hall–Kier alpha value is -2.26. The minimum Gasteiger partial charge on any atom is -0.458 e. The summed E-state index contributed by atoms with van der Waals surface area (Å²) < 4.78 is 4.95. The van der Waals surface area contributed by atoms with Crippen LogP contribution < -0.4 is 0 Å². The highest BCUT2D eigenvalue weighted by molar-refractivity contribution is 5.82. The molecule has 1 aromatic rings. The summed E-state index contributed by atoms with van der Waals surface area (Å²) in [6, 6.07) is 9.33. The molecule has 5 nitrogen and oxygen atoms in total. The molecule has 0 heterocycles. The van der Waals surface area contributed by atoms with Crippen LogP contribution in [-0.2, 0) is 16.1 Å². The molecular weight excluding hydrogens is 206 g/mol. The number of ether oxygens (including phenoxy) is 1. The molecule has 0 amide bonds. The van der Waals surface area contributed by atoms with E-state index < -0.39 is 5.97 Å². The molecule has 0 radical (unpaired) electrons. The number of azide groups is 1. The first-order valence-electron chi connectivity index (χ1n) is 4.66. The fraction of sp³-hybridized carbons (Fsp3) is 0.182.